The lowest BCUT2D eigenvalue weighted by Crippen LogP contribution is -2.39. The van der Waals surface area contributed by atoms with Gasteiger partial charge in [0, 0.05) is 43.4 Å². The molecule has 25 heavy (non-hydrogen) atoms. The minimum absolute atomic E-state index is 0.373. The molecular formula is C20H21ClN2O2. The molecule has 4 nitrogen and oxygen atoms in total. The Morgan fingerprint density at radius 3 is 2.84 bits per heavy atom. The number of fused-ring (bicyclic) bond motifs is 1. The molecule has 4 rings (SSSR count). The molecule has 3 heterocycles. The first-order valence-electron chi connectivity index (χ1n) is 8.67. The Balaban J connectivity index is 2.00. The normalized spacial score (nSPS) is 23.5. The van der Waals surface area contributed by atoms with E-state index in [2.05, 4.69) is 23.0 Å². The van der Waals surface area contributed by atoms with Crippen LogP contribution in [0.3, 0.4) is 0 Å². The van der Waals surface area contributed by atoms with E-state index in [-0.39, 0.29) is 0 Å². The van der Waals surface area contributed by atoms with E-state index in [4.69, 9.17) is 16.3 Å². The fourth-order valence-corrected chi connectivity index (χ4v) is 3.95. The first kappa shape index (κ1) is 16.7. The zero-order valence-electron chi connectivity index (χ0n) is 14.2. The molecule has 1 aliphatic carbocycles. The molecule has 2 aromatic rings. The maximum atomic E-state index is 10.2. The van der Waals surface area contributed by atoms with Gasteiger partial charge >= 0.3 is 0 Å². The molecule has 130 valence electrons. The highest BCUT2D eigenvalue weighted by Gasteiger charge is 2.26. The quantitative estimate of drug-likeness (QED) is 0.838. The first-order chi connectivity index (χ1) is 12.1. The van der Waals surface area contributed by atoms with Crippen molar-refractivity contribution in [2.24, 2.45) is 0 Å². The van der Waals surface area contributed by atoms with Crippen LogP contribution in [-0.2, 0) is 4.74 Å². The van der Waals surface area contributed by atoms with Crippen molar-refractivity contribution in [3.05, 3.63) is 46.4 Å². The van der Waals surface area contributed by atoms with E-state index in [0.29, 0.717) is 12.3 Å². The van der Waals surface area contributed by atoms with Gasteiger partial charge in [0.25, 0.3) is 0 Å². The molecule has 0 radical (unpaired) electrons. The maximum Gasteiger partial charge on any atom is 0.163 e. The van der Waals surface area contributed by atoms with Gasteiger partial charge in [-0.15, -0.1) is 0 Å². The van der Waals surface area contributed by atoms with Crippen molar-refractivity contribution in [3.8, 4) is 11.1 Å². The second kappa shape index (κ2) is 6.52. The Bertz CT molecular complexity index is 918. The molecular weight excluding hydrogens is 336 g/mol. The predicted octanol–water partition coefficient (Wildman–Crippen LogP) is 2.24. The van der Waals surface area contributed by atoms with Crippen LogP contribution in [0.1, 0.15) is 36.3 Å². The number of aliphatic hydroxyl groups is 1. The smallest absolute Gasteiger partial charge is 0.163 e. The van der Waals surface area contributed by atoms with Crippen LogP contribution in [0.15, 0.2) is 24.7 Å². The van der Waals surface area contributed by atoms with Gasteiger partial charge in [-0.2, -0.15) is 0 Å². The third-order valence-corrected chi connectivity index (χ3v) is 5.34. The summed E-state index contributed by atoms with van der Waals surface area (Å²) in [4.78, 5) is 8.85. The number of pyridine rings is 2. The summed E-state index contributed by atoms with van der Waals surface area (Å²) in [7, 11) is 0. The largest absolute Gasteiger partial charge is 0.381 e. The Labute approximate surface area is 151 Å². The standard InChI is InChI=1S/C20H21ClN2O2/c1-13-11-22-7-3-15(13)19-16-2-6-20(21,24)10-18(16)23-12-17(19)14-4-8-25-9-5-14/h2-3,7,10-12,14,24H,4-6,8-9H2,1H3. The summed E-state index contributed by atoms with van der Waals surface area (Å²) in [6, 6.07) is 2.06. The molecule has 2 aromatic heterocycles. The van der Waals surface area contributed by atoms with Crippen LogP contribution >= 0.6 is 11.6 Å². The van der Waals surface area contributed by atoms with E-state index in [1.807, 2.05) is 24.7 Å². The Morgan fingerprint density at radius 2 is 2.08 bits per heavy atom. The van der Waals surface area contributed by atoms with E-state index in [1.54, 1.807) is 6.08 Å². The van der Waals surface area contributed by atoms with Crippen molar-refractivity contribution in [1.29, 1.82) is 0 Å². The molecule has 1 atom stereocenters. The van der Waals surface area contributed by atoms with Gasteiger partial charge in [-0.3, -0.25) is 9.97 Å². The van der Waals surface area contributed by atoms with Crippen molar-refractivity contribution in [3.63, 3.8) is 0 Å². The molecule has 0 aromatic carbocycles. The summed E-state index contributed by atoms with van der Waals surface area (Å²) in [6.07, 6.45) is 11.7. The number of aryl methyl sites for hydroxylation is 1. The van der Waals surface area contributed by atoms with Crippen LogP contribution < -0.4 is 10.6 Å². The van der Waals surface area contributed by atoms with Crippen LogP contribution in [0.4, 0.5) is 0 Å². The maximum absolute atomic E-state index is 10.2. The zero-order chi connectivity index (χ0) is 17.4. The number of ether oxygens (including phenoxy) is 1. The highest BCUT2D eigenvalue weighted by molar-refractivity contribution is 6.26. The monoisotopic (exact) mass is 356 g/mol. The Hall–Kier alpha value is -1.75. The van der Waals surface area contributed by atoms with Crippen LogP contribution in [0, 0.1) is 6.92 Å². The topological polar surface area (TPSA) is 55.2 Å². The number of alkyl halides is 1. The molecule has 0 saturated carbocycles. The van der Waals surface area contributed by atoms with Gasteiger partial charge in [-0.1, -0.05) is 17.7 Å². The average molecular weight is 357 g/mol. The molecule has 0 amide bonds. The van der Waals surface area contributed by atoms with E-state index in [1.165, 1.54) is 16.7 Å². The lowest BCUT2D eigenvalue weighted by atomic mass is 9.84. The predicted molar refractivity (Wildman–Crippen MR) is 98.6 cm³/mol. The van der Waals surface area contributed by atoms with Gasteiger partial charge < -0.3 is 9.84 Å². The van der Waals surface area contributed by atoms with E-state index in [9.17, 15) is 5.11 Å². The first-order valence-corrected chi connectivity index (χ1v) is 9.05. The molecule has 1 aliphatic heterocycles. The molecule has 0 bridgehead atoms. The zero-order valence-corrected chi connectivity index (χ0v) is 15.0. The van der Waals surface area contributed by atoms with Gasteiger partial charge in [0.15, 0.2) is 5.06 Å². The van der Waals surface area contributed by atoms with Gasteiger partial charge in [-0.25, -0.2) is 0 Å². The van der Waals surface area contributed by atoms with Crippen molar-refractivity contribution < 1.29 is 9.84 Å². The van der Waals surface area contributed by atoms with E-state index >= 15 is 0 Å². The molecule has 1 N–H and O–H groups in total. The summed E-state index contributed by atoms with van der Waals surface area (Å²) < 4.78 is 5.54. The Kier molecular flexibility index (Phi) is 4.36. The second-order valence-electron chi connectivity index (χ2n) is 6.84. The fraction of sp³-hybridized carbons (Fsp3) is 0.400. The van der Waals surface area contributed by atoms with Crippen LogP contribution in [0.5, 0.6) is 0 Å². The number of halogens is 1. The number of nitrogens with zero attached hydrogens (tertiary/aromatic N) is 2. The summed E-state index contributed by atoms with van der Waals surface area (Å²) in [5.74, 6) is 0.430. The van der Waals surface area contributed by atoms with Crippen molar-refractivity contribution in [2.75, 3.05) is 13.2 Å². The highest BCUT2D eigenvalue weighted by Crippen LogP contribution is 2.33. The van der Waals surface area contributed by atoms with Crippen LogP contribution in [0.2, 0.25) is 0 Å². The van der Waals surface area contributed by atoms with Crippen LogP contribution in [0.25, 0.3) is 23.3 Å². The molecule has 1 fully saturated rings. The van der Waals surface area contributed by atoms with Gasteiger partial charge in [-0.05, 0) is 60.1 Å². The van der Waals surface area contributed by atoms with Crippen molar-refractivity contribution >= 4 is 23.8 Å². The van der Waals surface area contributed by atoms with Gasteiger partial charge in [0.2, 0.25) is 0 Å². The van der Waals surface area contributed by atoms with E-state index in [0.717, 1.165) is 42.2 Å². The van der Waals surface area contributed by atoms with Gasteiger partial charge in [0.05, 0.1) is 5.35 Å². The number of aromatic nitrogens is 2. The lowest BCUT2D eigenvalue weighted by molar-refractivity contribution is 0.0853. The van der Waals surface area contributed by atoms with E-state index < -0.39 is 5.06 Å². The summed E-state index contributed by atoms with van der Waals surface area (Å²) in [6.45, 7) is 3.65. The second-order valence-corrected chi connectivity index (χ2v) is 7.49. The third-order valence-electron chi connectivity index (χ3n) is 5.08. The summed E-state index contributed by atoms with van der Waals surface area (Å²) in [5.41, 5.74) is 4.74. The molecule has 2 aliphatic rings. The average Bonchev–Trinajstić information content (AvgIpc) is 2.61. The lowest BCUT2D eigenvalue weighted by Gasteiger charge is -2.26. The molecule has 0 spiro atoms. The third kappa shape index (κ3) is 3.22. The minimum Gasteiger partial charge on any atom is -0.381 e. The number of rotatable bonds is 2. The minimum atomic E-state index is -1.36. The van der Waals surface area contributed by atoms with Crippen molar-refractivity contribution in [2.45, 2.75) is 37.2 Å². The number of hydrogen-bond donors (Lipinski definition) is 1. The van der Waals surface area contributed by atoms with Crippen molar-refractivity contribution in [1.82, 2.24) is 9.97 Å². The fourth-order valence-electron chi connectivity index (χ4n) is 3.76. The van der Waals surface area contributed by atoms with Gasteiger partial charge in [0.1, 0.15) is 0 Å². The molecule has 1 saturated heterocycles. The molecule has 5 heteroatoms. The van der Waals surface area contributed by atoms with Crippen LogP contribution in [-0.4, -0.2) is 33.3 Å². The molecule has 1 unspecified atom stereocenters. The highest BCUT2D eigenvalue weighted by atomic mass is 35.5. The SMILES string of the molecule is Cc1cnccc1-c1c(C2CCOCC2)cnc2c1=CCC(O)(Cl)C=2. The Morgan fingerprint density at radius 1 is 1.28 bits per heavy atom. The summed E-state index contributed by atoms with van der Waals surface area (Å²) >= 11 is 6.12. The summed E-state index contributed by atoms with van der Waals surface area (Å²) in [5, 5.41) is 10.6. The number of hydrogen-bond acceptors (Lipinski definition) is 4.